The molecule has 0 aliphatic heterocycles. The lowest BCUT2D eigenvalue weighted by molar-refractivity contribution is -0.754. The molecule has 104 valence electrons. The summed E-state index contributed by atoms with van der Waals surface area (Å²) < 4.78 is 4.56. The Morgan fingerprint density at radius 3 is 2.00 bits per heavy atom. The van der Waals surface area contributed by atoms with Crippen molar-refractivity contribution in [3.05, 3.63) is 18.0 Å². The molecule has 0 atom stereocenters. The fourth-order valence-electron chi connectivity index (χ4n) is 2.54. The molecule has 1 aromatic heterocycles. The second-order valence-corrected chi connectivity index (χ2v) is 5.48. The van der Waals surface area contributed by atoms with Gasteiger partial charge in [0, 0.05) is 6.07 Å². The number of hydrogen-bond donors (Lipinski definition) is 0. The van der Waals surface area contributed by atoms with Gasteiger partial charge in [0.1, 0.15) is 0 Å². The van der Waals surface area contributed by atoms with E-state index in [0.717, 1.165) is 0 Å². The van der Waals surface area contributed by atoms with Crippen molar-refractivity contribution in [2.75, 3.05) is 0 Å². The zero-order chi connectivity index (χ0) is 13.2. The maximum absolute atomic E-state index is 2.36. The van der Waals surface area contributed by atoms with Crippen molar-refractivity contribution in [3.8, 4) is 0 Å². The van der Waals surface area contributed by atoms with Gasteiger partial charge in [0.05, 0.1) is 12.2 Å². The van der Waals surface area contributed by atoms with Crippen molar-refractivity contribution < 1.29 is 4.68 Å². The Hall–Kier alpha value is -0.790. The lowest BCUT2D eigenvalue weighted by Gasteiger charge is -2.03. The fraction of sp³-hybridized carbons (Fsp3) is 0.812. The van der Waals surface area contributed by atoms with E-state index in [4.69, 9.17) is 0 Å². The van der Waals surface area contributed by atoms with Gasteiger partial charge >= 0.3 is 0 Å². The molecule has 1 rings (SSSR count). The maximum Gasteiger partial charge on any atom is 0.195 e. The SMILES string of the molecule is CCCCCCCCCCCn1c(C)cc[n+]1C. The topological polar surface area (TPSA) is 8.81 Å². The van der Waals surface area contributed by atoms with Crippen molar-refractivity contribution in [1.82, 2.24) is 4.68 Å². The summed E-state index contributed by atoms with van der Waals surface area (Å²) in [6.07, 6.45) is 14.8. The van der Waals surface area contributed by atoms with Crippen LogP contribution in [0.1, 0.15) is 70.4 Å². The van der Waals surface area contributed by atoms with Crippen LogP contribution in [0.4, 0.5) is 0 Å². The largest absolute Gasteiger partial charge is 0.195 e. The Labute approximate surface area is 113 Å². The Morgan fingerprint density at radius 1 is 0.944 bits per heavy atom. The smallest absolute Gasteiger partial charge is 0.158 e. The molecule has 0 bridgehead atoms. The number of nitrogens with zero attached hydrogens (tertiary/aromatic N) is 2. The first-order chi connectivity index (χ1) is 8.75. The summed E-state index contributed by atoms with van der Waals surface area (Å²) in [5.74, 6) is 0. The van der Waals surface area contributed by atoms with Crippen molar-refractivity contribution >= 4 is 0 Å². The van der Waals surface area contributed by atoms with Gasteiger partial charge in [-0.2, -0.15) is 4.68 Å². The summed E-state index contributed by atoms with van der Waals surface area (Å²) in [6, 6.07) is 2.19. The monoisotopic (exact) mass is 251 g/mol. The normalized spacial score (nSPS) is 11.1. The molecule has 0 saturated heterocycles. The number of unbranched alkanes of at least 4 members (excludes halogenated alkanes) is 8. The van der Waals surface area contributed by atoms with E-state index in [1.54, 1.807) is 0 Å². The molecule has 0 unspecified atom stereocenters. The Balaban J connectivity index is 1.96. The number of hydrogen-bond acceptors (Lipinski definition) is 0. The number of aryl methyl sites for hydroxylation is 2. The number of aromatic nitrogens is 2. The van der Waals surface area contributed by atoms with Gasteiger partial charge in [-0.1, -0.05) is 58.3 Å². The van der Waals surface area contributed by atoms with Gasteiger partial charge in [-0.3, -0.25) is 0 Å². The van der Waals surface area contributed by atoms with Crippen LogP contribution >= 0.6 is 0 Å². The molecule has 0 spiro atoms. The highest BCUT2D eigenvalue weighted by molar-refractivity contribution is 4.92. The van der Waals surface area contributed by atoms with Crippen LogP contribution in [0.25, 0.3) is 0 Å². The van der Waals surface area contributed by atoms with Crippen molar-refractivity contribution in [2.24, 2.45) is 7.05 Å². The highest BCUT2D eigenvalue weighted by Crippen LogP contribution is 2.10. The molecule has 2 heteroatoms. The van der Waals surface area contributed by atoms with E-state index in [2.05, 4.69) is 42.5 Å². The van der Waals surface area contributed by atoms with E-state index in [1.165, 1.54) is 70.0 Å². The first kappa shape index (κ1) is 15.3. The molecule has 0 aromatic carbocycles. The minimum atomic E-state index is 1.17. The van der Waals surface area contributed by atoms with Crippen LogP contribution in [0.5, 0.6) is 0 Å². The van der Waals surface area contributed by atoms with Crippen molar-refractivity contribution in [3.63, 3.8) is 0 Å². The molecule has 0 radical (unpaired) electrons. The molecule has 0 N–H and O–H groups in total. The standard InChI is InChI=1S/C16H31N2/c1-4-5-6-7-8-9-10-11-12-14-18-16(2)13-15-17(18)3/h13,15H,4-12,14H2,1-3H3/q+1. The molecule has 1 heterocycles. The Bertz CT molecular complexity index is 295. The summed E-state index contributed by atoms with van der Waals surface area (Å²) >= 11 is 0. The van der Waals surface area contributed by atoms with Gasteiger partial charge in [-0.15, -0.1) is 4.68 Å². The van der Waals surface area contributed by atoms with Crippen molar-refractivity contribution in [1.29, 1.82) is 0 Å². The molecule has 0 amide bonds. The van der Waals surface area contributed by atoms with Crippen LogP contribution < -0.4 is 4.68 Å². The number of rotatable bonds is 10. The predicted molar refractivity (Wildman–Crippen MR) is 77.6 cm³/mol. The first-order valence-electron chi connectivity index (χ1n) is 7.77. The van der Waals surface area contributed by atoms with Crippen LogP contribution in [0.3, 0.4) is 0 Å². The third-order valence-corrected chi connectivity index (χ3v) is 3.79. The minimum Gasteiger partial charge on any atom is -0.158 e. The molecular weight excluding hydrogens is 220 g/mol. The average Bonchev–Trinajstić information content (AvgIpc) is 2.68. The average molecular weight is 251 g/mol. The lowest BCUT2D eigenvalue weighted by atomic mass is 10.1. The van der Waals surface area contributed by atoms with E-state index in [9.17, 15) is 0 Å². The summed E-state index contributed by atoms with van der Waals surface area (Å²) in [5, 5.41) is 0. The minimum absolute atomic E-state index is 1.17. The zero-order valence-electron chi connectivity index (χ0n) is 12.6. The molecule has 0 aliphatic rings. The van der Waals surface area contributed by atoms with E-state index < -0.39 is 0 Å². The van der Waals surface area contributed by atoms with E-state index in [-0.39, 0.29) is 0 Å². The molecular formula is C16H31N2+. The van der Waals surface area contributed by atoms with Crippen LogP contribution in [0.2, 0.25) is 0 Å². The molecule has 2 nitrogen and oxygen atoms in total. The second-order valence-electron chi connectivity index (χ2n) is 5.48. The molecule has 0 saturated carbocycles. The van der Waals surface area contributed by atoms with E-state index >= 15 is 0 Å². The van der Waals surface area contributed by atoms with Gasteiger partial charge in [0.25, 0.3) is 0 Å². The maximum atomic E-state index is 2.36. The lowest BCUT2D eigenvalue weighted by Crippen LogP contribution is -2.38. The van der Waals surface area contributed by atoms with Crippen molar-refractivity contribution in [2.45, 2.75) is 78.2 Å². The van der Waals surface area contributed by atoms with Crippen LogP contribution in [-0.2, 0) is 13.6 Å². The predicted octanol–water partition coefficient (Wildman–Crippen LogP) is 4.15. The van der Waals surface area contributed by atoms with E-state index in [0.29, 0.717) is 0 Å². The summed E-state index contributed by atoms with van der Waals surface area (Å²) in [7, 11) is 2.13. The highest BCUT2D eigenvalue weighted by atomic mass is 15.4. The first-order valence-corrected chi connectivity index (χ1v) is 7.77. The van der Waals surface area contributed by atoms with Gasteiger partial charge in [-0.25, -0.2) is 0 Å². The summed E-state index contributed by atoms with van der Waals surface area (Å²) in [4.78, 5) is 0. The Kier molecular flexibility index (Phi) is 7.79. The molecule has 18 heavy (non-hydrogen) atoms. The van der Waals surface area contributed by atoms with Gasteiger partial charge in [0.15, 0.2) is 13.2 Å². The second kappa shape index (κ2) is 9.18. The highest BCUT2D eigenvalue weighted by Gasteiger charge is 2.06. The van der Waals surface area contributed by atoms with E-state index in [1.807, 2.05) is 0 Å². The third-order valence-electron chi connectivity index (χ3n) is 3.79. The molecule has 0 aliphatic carbocycles. The van der Waals surface area contributed by atoms with Crippen LogP contribution in [-0.4, -0.2) is 4.68 Å². The zero-order valence-corrected chi connectivity index (χ0v) is 12.6. The summed E-state index contributed by atoms with van der Waals surface area (Å²) in [6.45, 7) is 5.64. The molecule has 0 fully saturated rings. The quantitative estimate of drug-likeness (QED) is 0.436. The van der Waals surface area contributed by atoms with Gasteiger partial charge in [0.2, 0.25) is 0 Å². The molecule has 1 aromatic rings. The Morgan fingerprint density at radius 2 is 1.50 bits per heavy atom. The summed E-state index contributed by atoms with van der Waals surface area (Å²) in [5.41, 5.74) is 1.37. The van der Waals surface area contributed by atoms with Crippen LogP contribution in [0, 0.1) is 6.92 Å². The van der Waals surface area contributed by atoms with Crippen LogP contribution in [0.15, 0.2) is 12.3 Å². The van der Waals surface area contributed by atoms with Gasteiger partial charge < -0.3 is 0 Å². The third kappa shape index (κ3) is 5.70. The van der Waals surface area contributed by atoms with Gasteiger partial charge in [-0.05, 0) is 13.3 Å². The fourth-order valence-corrected chi connectivity index (χ4v) is 2.54.